The molecule has 29 heavy (non-hydrogen) atoms. The van der Waals surface area contributed by atoms with Crippen LogP contribution in [0.3, 0.4) is 0 Å². The number of aryl methyl sites for hydroxylation is 1. The lowest BCUT2D eigenvalue weighted by Crippen LogP contribution is -2.40. The number of hydrogen-bond acceptors (Lipinski definition) is 5. The molecule has 3 rings (SSSR count). The average Bonchev–Trinajstić information content (AvgIpc) is 2.74. The second-order valence-corrected chi connectivity index (χ2v) is 8.76. The first-order valence-electron chi connectivity index (χ1n) is 9.59. The van der Waals surface area contributed by atoms with E-state index < -0.39 is 10.0 Å². The molecule has 1 aliphatic heterocycles. The van der Waals surface area contributed by atoms with Crippen molar-refractivity contribution in [3.05, 3.63) is 59.7 Å². The molecule has 0 unspecified atom stereocenters. The average molecular weight is 419 g/mol. The summed E-state index contributed by atoms with van der Waals surface area (Å²) in [5.41, 5.74) is 1.82. The summed E-state index contributed by atoms with van der Waals surface area (Å²) < 4.78 is 37.6. The summed E-state index contributed by atoms with van der Waals surface area (Å²) in [4.78, 5) is 12.2. The molecule has 0 aliphatic carbocycles. The highest BCUT2D eigenvalue weighted by Crippen LogP contribution is 2.24. The molecule has 0 spiro atoms. The van der Waals surface area contributed by atoms with Crippen molar-refractivity contribution in [1.82, 2.24) is 9.62 Å². The van der Waals surface area contributed by atoms with Crippen LogP contribution in [0.15, 0.2) is 53.4 Å². The number of nitrogens with zero attached hydrogens (tertiary/aromatic N) is 1. The van der Waals surface area contributed by atoms with Crippen LogP contribution in [-0.2, 0) is 26.0 Å². The van der Waals surface area contributed by atoms with Crippen molar-refractivity contribution in [3.63, 3.8) is 0 Å². The van der Waals surface area contributed by atoms with Crippen LogP contribution in [0.5, 0.6) is 5.75 Å². The van der Waals surface area contributed by atoms with E-state index >= 15 is 0 Å². The number of carbonyl (C=O) groups excluding carboxylic acids is 1. The van der Waals surface area contributed by atoms with E-state index in [1.807, 2.05) is 30.3 Å². The molecule has 156 valence electrons. The van der Waals surface area contributed by atoms with Crippen molar-refractivity contribution in [2.24, 2.45) is 0 Å². The highest BCUT2D eigenvalue weighted by atomic mass is 32.2. The van der Waals surface area contributed by atoms with Crippen molar-refractivity contribution < 1.29 is 22.7 Å². The Balaban J connectivity index is 1.51. The lowest BCUT2D eigenvalue weighted by Gasteiger charge is -2.26. The van der Waals surface area contributed by atoms with Gasteiger partial charge in [-0.2, -0.15) is 4.31 Å². The number of sulfonamides is 1. The van der Waals surface area contributed by atoms with Crippen LogP contribution in [-0.4, -0.2) is 58.1 Å². The molecule has 1 amide bonds. The molecule has 2 aromatic carbocycles. The number of rotatable bonds is 8. The Hall–Kier alpha value is -2.42. The van der Waals surface area contributed by atoms with E-state index in [-0.39, 0.29) is 17.4 Å². The van der Waals surface area contributed by atoms with Crippen LogP contribution < -0.4 is 10.1 Å². The van der Waals surface area contributed by atoms with E-state index in [1.54, 1.807) is 19.1 Å². The first kappa shape index (κ1) is 21.3. The molecular formula is C21H26N2O5S. The van der Waals surface area contributed by atoms with Gasteiger partial charge in [-0.25, -0.2) is 8.42 Å². The number of morpholine rings is 1. The Bertz CT molecular complexity index is 925. The van der Waals surface area contributed by atoms with E-state index in [1.165, 1.54) is 10.4 Å². The molecule has 1 N–H and O–H groups in total. The molecule has 1 heterocycles. The Morgan fingerprint density at radius 3 is 2.55 bits per heavy atom. The van der Waals surface area contributed by atoms with Crippen LogP contribution in [0.1, 0.15) is 11.1 Å². The van der Waals surface area contributed by atoms with Gasteiger partial charge in [0.25, 0.3) is 5.91 Å². The van der Waals surface area contributed by atoms with E-state index in [0.717, 1.165) is 12.0 Å². The quantitative estimate of drug-likeness (QED) is 0.706. The lowest BCUT2D eigenvalue weighted by atomic mass is 10.1. The molecular weight excluding hydrogens is 392 g/mol. The van der Waals surface area contributed by atoms with Crippen LogP contribution >= 0.6 is 0 Å². The second kappa shape index (κ2) is 9.87. The van der Waals surface area contributed by atoms with Crippen molar-refractivity contribution in [3.8, 4) is 5.75 Å². The number of hydrogen-bond donors (Lipinski definition) is 1. The molecule has 0 bridgehead atoms. The van der Waals surface area contributed by atoms with Gasteiger partial charge >= 0.3 is 0 Å². The molecule has 1 aliphatic rings. The van der Waals surface area contributed by atoms with Gasteiger partial charge in [0.1, 0.15) is 5.75 Å². The molecule has 0 aromatic heterocycles. The van der Waals surface area contributed by atoms with Gasteiger partial charge < -0.3 is 14.8 Å². The third-order valence-corrected chi connectivity index (χ3v) is 6.59. The predicted molar refractivity (Wildman–Crippen MR) is 109 cm³/mol. The summed E-state index contributed by atoms with van der Waals surface area (Å²) in [5, 5.41) is 2.82. The molecule has 2 aromatic rings. The maximum absolute atomic E-state index is 12.7. The van der Waals surface area contributed by atoms with Crippen LogP contribution in [0.2, 0.25) is 0 Å². The van der Waals surface area contributed by atoms with Gasteiger partial charge in [-0.15, -0.1) is 0 Å². The third-order valence-electron chi connectivity index (χ3n) is 4.69. The number of nitrogens with one attached hydrogen (secondary N) is 1. The summed E-state index contributed by atoms with van der Waals surface area (Å²) in [6.45, 7) is 3.68. The van der Waals surface area contributed by atoms with Gasteiger partial charge in [-0.3, -0.25) is 4.79 Å². The van der Waals surface area contributed by atoms with Crippen molar-refractivity contribution in [2.75, 3.05) is 39.5 Å². The number of ether oxygens (including phenoxy) is 2. The van der Waals surface area contributed by atoms with Crippen molar-refractivity contribution in [2.45, 2.75) is 18.2 Å². The normalized spacial score (nSPS) is 15.1. The lowest BCUT2D eigenvalue weighted by molar-refractivity contribution is -0.123. The first-order chi connectivity index (χ1) is 14.0. The highest BCUT2D eigenvalue weighted by molar-refractivity contribution is 7.89. The predicted octanol–water partition coefficient (Wildman–Crippen LogP) is 1.75. The third kappa shape index (κ3) is 5.79. The SMILES string of the molecule is Cc1cc(S(=O)(=O)N2CCOCC2)ccc1OCC(=O)NCCc1ccccc1. The minimum Gasteiger partial charge on any atom is -0.484 e. The van der Waals surface area contributed by atoms with Crippen LogP contribution in [0.4, 0.5) is 0 Å². The van der Waals surface area contributed by atoms with Gasteiger partial charge in [0.05, 0.1) is 18.1 Å². The van der Waals surface area contributed by atoms with Crippen molar-refractivity contribution in [1.29, 1.82) is 0 Å². The zero-order valence-corrected chi connectivity index (χ0v) is 17.3. The highest BCUT2D eigenvalue weighted by Gasteiger charge is 2.26. The Kier molecular flexibility index (Phi) is 7.24. The molecule has 0 saturated carbocycles. The van der Waals surface area contributed by atoms with E-state index in [0.29, 0.717) is 44.2 Å². The summed E-state index contributed by atoms with van der Waals surface area (Å²) in [6.07, 6.45) is 0.750. The van der Waals surface area contributed by atoms with E-state index in [2.05, 4.69) is 5.32 Å². The molecule has 0 radical (unpaired) electrons. The molecule has 0 atom stereocenters. The van der Waals surface area contributed by atoms with Gasteiger partial charge in [0.15, 0.2) is 6.61 Å². The monoisotopic (exact) mass is 418 g/mol. The molecule has 8 heteroatoms. The fourth-order valence-corrected chi connectivity index (χ4v) is 4.56. The number of amides is 1. The second-order valence-electron chi connectivity index (χ2n) is 6.82. The van der Waals surface area contributed by atoms with Gasteiger partial charge in [-0.05, 0) is 42.7 Å². The van der Waals surface area contributed by atoms with Gasteiger partial charge in [0.2, 0.25) is 10.0 Å². The number of benzene rings is 2. The van der Waals surface area contributed by atoms with Gasteiger partial charge in [0, 0.05) is 19.6 Å². The smallest absolute Gasteiger partial charge is 0.257 e. The summed E-state index contributed by atoms with van der Waals surface area (Å²) in [5.74, 6) is 0.273. The minimum absolute atomic E-state index is 0.120. The Morgan fingerprint density at radius 1 is 1.14 bits per heavy atom. The van der Waals surface area contributed by atoms with Crippen molar-refractivity contribution >= 4 is 15.9 Å². The van der Waals surface area contributed by atoms with Crippen LogP contribution in [0.25, 0.3) is 0 Å². The molecule has 1 saturated heterocycles. The fraction of sp³-hybridized carbons (Fsp3) is 0.381. The standard InChI is InChI=1S/C21H26N2O5S/c1-17-15-19(29(25,26)23-11-13-27-14-12-23)7-8-20(17)28-16-21(24)22-10-9-18-5-3-2-4-6-18/h2-8,15H,9-14,16H2,1H3,(H,22,24). The summed E-state index contributed by atoms with van der Waals surface area (Å²) in [7, 11) is -3.55. The maximum Gasteiger partial charge on any atom is 0.257 e. The van der Waals surface area contributed by atoms with Crippen LogP contribution in [0, 0.1) is 6.92 Å². The zero-order valence-electron chi connectivity index (χ0n) is 16.5. The van der Waals surface area contributed by atoms with E-state index in [9.17, 15) is 13.2 Å². The van der Waals surface area contributed by atoms with E-state index in [4.69, 9.17) is 9.47 Å². The largest absolute Gasteiger partial charge is 0.484 e. The number of carbonyl (C=O) groups is 1. The fourth-order valence-electron chi connectivity index (χ4n) is 3.07. The first-order valence-corrected chi connectivity index (χ1v) is 11.0. The Morgan fingerprint density at radius 2 is 1.86 bits per heavy atom. The zero-order chi connectivity index (χ0) is 20.7. The molecule has 7 nitrogen and oxygen atoms in total. The van der Waals surface area contributed by atoms with Gasteiger partial charge in [-0.1, -0.05) is 30.3 Å². The summed E-state index contributed by atoms with van der Waals surface area (Å²) in [6, 6.07) is 14.6. The Labute approximate surface area is 171 Å². The maximum atomic E-state index is 12.7. The molecule has 1 fully saturated rings. The topological polar surface area (TPSA) is 84.9 Å². The minimum atomic E-state index is -3.55. The summed E-state index contributed by atoms with van der Waals surface area (Å²) >= 11 is 0.